The summed E-state index contributed by atoms with van der Waals surface area (Å²) in [4.78, 5) is 133. The molecule has 21 nitrogen and oxygen atoms in total. The number of amides is 5. The van der Waals surface area contributed by atoms with Crippen LogP contribution >= 0.6 is 0 Å². The molecule has 90 heavy (non-hydrogen) atoms. The zero-order chi connectivity index (χ0) is 65.9. The third-order valence-electron chi connectivity index (χ3n) is 16.4. The van der Waals surface area contributed by atoms with E-state index < -0.39 is 108 Å². The van der Waals surface area contributed by atoms with E-state index in [0.29, 0.717) is 54.1 Å². The fourth-order valence-electron chi connectivity index (χ4n) is 10.9. The number of ether oxygens (including phenoxy) is 7. The van der Waals surface area contributed by atoms with Gasteiger partial charge in [0, 0.05) is 58.7 Å². The van der Waals surface area contributed by atoms with Gasteiger partial charge in [-0.05, 0) is 132 Å². The van der Waals surface area contributed by atoms with Crippen LogP contribution in [0, 0.1) is 11.3 Å². The molecule has 0 radical (unpaired) electrons. The highest BCUT2D eigenvalue weighted by Gasteiger charge is 2.43. The first kappa shape index (κ1) is 70.8. The number of methoxy groups -OCH3 is 3. The molecule has 0 saturated carbocycles. The van der Waals surface area contributed by atoms with E-state index in [1.165, 1.54) is 82.0 Å². The van der Waals surface area contributed by atoms with E-state index in [9.17, 15) is 38.4 Å². The topological polar surface area (TPSA) is 243 Å². The van der Waals surface area contributed by atoms with Crippen LogP contribution in [-0.2, 0) is 70.2 Å². The van der Waals surface area contributed by atoms with Crippen molar-refractivity contribution in [1.29, 1.82) is 0 Å². The number of nitrogens with zero attached hydrogens (tertiary/aromatic N) is 4. The summed E-state index contributed by atoms with van der Waals surface area (Å²) in [5, 5.41) is 4.59. The number of esters is 2. The Morgan fingerprint density at radius 3 is 2.14 bits per heavy atom. The van der Waals surface area contributed by atoms with Gasteiger partial charge in [0.1, 0.15) is 36.3 Å². The predicted molar refractivity (Wildman–Crippen MR) is 338 cm³/mol. The van der Waals surface area contributed by atoms with Gasteiger partial charge in [0.2, 0.25) is 23.5 Å². The van der Waals surface area contributed by atoms with Crippen LogP contribution in [0.2, 0.25) is 0 Å². The molecule has 5 atom stereocenters. The summed E-state index contributed by atoms with van der Waals surface area (Å²) in [6.07, 6.45) is 4.93. The summed E-state index contributed by atoms with van der Waals surface area (Å²) in [5.41, 5.74) is -0.307. The van der Waals surface area contributed by atoms with Gasteiger partial charge in [-0.1, -0.05) is 80.4 Å². The number of hydrogen-bond acceptors (Lipinski definition) is 16. The fourth-order valence-corrected chi connectivity index (χ4v) is 10.9. The molecule has 0 aromatic heterocycles. The average Bonchev–Trinajstić information content (AvgIpc) is 2.38. The number of rotatable bonds is 13. The lowest BCUT2D eigenvalue weighted by molar-refractivity contribution is -0.165. The van der Waals surface area contributed by atoms with Crippen molar-refractivity contribution in [3.05, 3.63) is 108 Å². The van der Waals surface area contributed by atoms with Crippen LogP contribution in [0.25, 0.3) is 10.8 Å². The second kappa shape index (κ2) is 32.9. The molecule has 488 valence electrons. The average molecular weight is 1250 g/mol. The normalized spacial score (nSPS) is 21.4. The molecule has 2 aliphatic rings. The molecule has 4 aromatic carbocycles. The first-order chi connectivity index (χ1) is 42.8. The summed E-state index contributed by atoms with van der Waals surface area (Å²) in [5.74, 6) is -5.36. The van der Waals surface area contributed by atoms with Crippen LogP contribution < -0.4 is 24.3 Å². The number of piperidine rings is 1. The highest BCUT2D eigenvalue weighted by atomic mass is 16.5. The number of carbonyl (C=O) groups is 9. The first-order valence-electron chi connectivity index (χ1n) is 30.9. The zero-order valence-corrected chi connectivity index (χ0v) is 54.4. The lowest BCUT2D eigenvalue weighted by Gasteiger charge is -2.36. The largest absolute Gasteiger partial charge is 0.496 e. The summed E-state index contributed by atoms with van der Waals surface area (Å²) >= 11 is 0. The molecular formula is C69H91N5O16. The lowest BCUT2D eigenvalue weighted by Crippen LogP contribution is -2.54. The first-order valence-corrected chi connectivity index (χ1v) is 30.9. The number of likely N-dealkylation sites (N-methyl/N-ethyl adjacent to an activating group) is 3. The van der Waals surface area contributed by atoms with Gasteiger partial charge in [0.15, 0.2) is 23.9 Å². The van der Waals surface area contributed by atoms with Crippen molar-refractivity contribution in [3.63, 3.8) is 0 Å². The van der Waals surface area contributed by atoms with Crippen molar-refractivity contribution in [2.24, 2.45) is 11.3 Å². The van der Waals surface area contributed by atoms with E-state index >= 15 is 4.79 Å². The van der Waals surface area contributed by atoms with Crippen molar-refractivity contribution in [3.8, 4) is 23.0 Å². The number of carbonyl (C=O) groups excluding carboxylic acids is 9. The Hall–Kier alpha value is -8.33. The minimum Gasteiger partial charge on any atom is -0.496 e. The Bertz CT molecular complexity index is 3230. The number of fused-ring (bicyclic) bond motifs is 4. The number of aryl methyl sites for hydroxylation is 1. The molecule has 0 spiro atoms. The van der Waals surface area contributed by atoms with E-state index in [4.69, 9.17) is 33.2 Å². The Morgan fingerprint density at radius 2 is 1.44 bits per heavy atom. The smallest absolute Gasteiger partial charge is 0.330 e. The maximum Gasteiger partial charge on any atom is 0.330 e. The molecular weight excluding hydrogens is 1150 g/mol. The van der Waals surface area contributed by atoms with Crippen LogP contribution in [0.4, 0.5) is 0 Å². The second-order valence-electron chi connectivity index (χ2n) is 24.7. The third-order valence-corrected chi connectivity index (χ3v) is 16.4. The van der Waals surface area contributed by atoms with Crippen LogP contribution in [0.1, 0.15) is 122 Å². The molecule has 2 bridgehead atoms. The minimum absolute atomic E-state index is 0.0881. The summed E-state index contributed by atoms with van der Waals surface area (Å²) in [6, 6.07) is 20.4. The number of nitrogens with one attached hydrogen (secondary N) is 1. The number of Topliss-reactive ketones (excluding diaryl/α,β-unsaturated/α-hetero) is 2. The molecule has 2 aliphatic heterocycles. The van der Waals surface area contributed by atoms with Crippen LogP contribution in [-0.4, -0.2) is 178 Å². The molecule has 0 aliphatic carbocycles. The highest BCUT2D eigenvalue weighted by molar-refractivity contribution is 6.38. The van der Waals surface area contributed by atoms with Crippen molar-refractivity contribution >= 4 is 63.8 Å². The Kier molecular flexibility index (Phi) is 25.9. The standard InChI is InChI=1S/C69H91N5O16/c1-13-14-26-52-55(75)38-50(36-45-29-30-46-22-15-16-23-47(46)35-45)65(81)73(9)54(42-89-68(2,3)4)64(80)70-41-60(76)71(7)33-19-18-28-62(78)88-44-69(5,6)63(79)66(82)74-34-20-17-27-53(74)67(83)90-56(48-24-21-25-51(37-48)87-43-61(77)72(52)8)32-31-49-39-58(85-11)59(86-12)40-57(49)84-10/h15-16,18,21-25,28-30,35,37,39-40,50,52-54,56H,13-14,17,19-20,26-27,31-34,36,38,41-44H2,1-12H3,(H,70,80)/t50-,52+,53+,54+,56-/m1/s1. The van der Waals surface area contributed by atoms with E-state index in [1.54, 1.807) is 57.2 Å². The lowest BCUT2D eigenvalue weighted by atomic mass is 9.87. The maximum atomic E-state index is 15.1. The SMILES string of the molecule is CCCC[C@H]1C(=O)C[C@@H](Cc2ccc3ccccc3c2)C(=O)N(C)[C@@H](COC(C)(C)C)C(=O)NCC(=O)N(C)CCC=CC(=O)OCC(C)(C)C(=O)C(=O)N2CCCC[C@H]2C(=O)O[C@H](CCc2cc(OC)c(OC)cc2OC)c2cccc(c2)OCC(=O)N1C. The molecule has 6 rings (SSSR count). The van der Waals surface area contributed by atoms with E-state index in [1.807, 2.05) is 49.4 Å². The Balaban J connectivity index is 1.37. The molecule has 0 unspecified atom stereocenters. The van der Waals surface area contributed by atoms with Gasteiger partial charge in [0.25, 0.3) is 11.8 Å². The molecule has 4 aromatic rings. The maximum absolute atomic E-state index is 15.1. The Morgan fingerprint density at radius 1 is 0.733 bits per heavy atom. The van der Waals surface area contributed by atoms with Gasteiger partial charge in [-0.2, -0.15) is 0 Å². The van der Waals surface area contributed by atoms with Crippen LogP contribution in [0.5, 0.6) is 23.0 Å². The number of cyclic esters (lactones) is 2. The second-order valence-corrected chi connectivity index (χ2v) is 24.7. The number of ketones is 2. The van der Waals surface area contributed by atoms with Crippen LogP contribution in [0.3, 0.4) is 0 Å². The number of benzene rings is 4. The highest BCUT2D eigenvalue weighted by Crippen LogP contribution is 2.38. The molecule has 1 saturated heterocycles. The summed E-state index contributed by atoms with van der Waals surface area (Å²) in [7, 11) is 9.06. The number of hydrogen-bond donors (Lipinski definition) is 1. The van der Waals surface area contributed by atoms with Gasteiger partial charge in [-0.25, -0.2) is 9.59 Å². The monoisotopic (exact) mass is 1250 g/mol. The molecule has 1 fully saturated rings. The van der Waals surface area contributed by atoms with Crippen molar-refractivity contribution in [2.45, 2.75) is 142 Å². The Labute approximate surface area is 529 Å². The van der Waals surface area contributed by atoms with Crippen molar-refractivity contribution in [1.82, 2.24) is 24.9 Å². The van der Waals surface area contributed by atoms with E-state index in [-0.39, 0.29) is 76.2 Å². The summed E-state index contributed by atoms with van der Waals surface area (Å²) in [6.45, 7) is 8.88. The van der Waals surface area contributed by atoms with Gasteiger partial charge in [-0.3, -0.25) is 33.6 Å². The molecule has 21 heteroatoms. The third kappa shape index (κ3) is 19.6. The fraction of sp³-hybridized carbons (Fsp3) is 0.522. The van der Waals surface area contributed by atoms with Gasteiger partial charge < -0.3 is 58.1 Å². The molecule has 2 heterocycles. The van der Waals surface area contributed by atoms with Gasteiger partial charge in [-0.15, -0.1) is 0 Å². The van der Waals surface area contributed by atoms with E-state index in [0.717, 1.165) is 22.4 Å². The molecule has 5 amide bonds. The minimum atomic E-state index is -1.51. The zero-order valence-electron chi connectivity index (χ0n) is 54.4. The van der Waals surface area contributed by atoms with Crippen LogP contribution in [0.15, 0.2) is 91.0 Å². The predicted octanol–water partition coefficient (Wildman–Crippen LogP) is 7.99. The van der Waals surface area contributed by atoms with Crippen molar-refractivity contribution in [2.75, 3.05) is 81.9 Å². The summed E-state index contributed by atoms with van der Waals surface area (Å²) < 4.78 is 41.1. The number of unbranched alkanes of at least 4 members (excludes halogenated alkanes) is 1. The molecule has 1 N–H and O–H groups in total. The van der Waals surface area contributed by atoms with Gasteiger partial charge in [0.05, 0.1) is 51.5 Å². The van der Waals surface area contributed by atoms with E-state index in [2.05, 4.69) is 5.32 Å². The quantitative estimate of drug-likeness (QED) is 0.0985. The van der Waals surface area contributed by atoms with Crippen molar-refractivity contribution < 1.29 is 76.3 Å². The van der Waals surface area contributed by atoms with Gasteiger partial charge >= 0.3 is 11.9 Å².